The molecule has 3 nitrogen and oxygen atoms in total. The monoisotopic (exact) mass is 405 g/mol. The van der Waals surface area contributed by atoms with Gasteiger partial charge in [0.25, 0.3) is 11.8 Å². The molecule has 0 radical (unpaired) electrons. The van der Waals surface area contributed by atoms with Crippen molar-refractivity contribution >= 4 is 60.3 Å². The predicted molar refractivity (Wildman–Crippen MR) is 104 cm³/mol. The minimum atomic E-state index is -0.409. The summed E-state index contributed by atoms with van der Waals surface area (Å²) in [6, 6.07) is 0. The van der Waals surface area contributed by atoms with Crippen molar-refractivity contribution in [1.29, 1.82) is 0 Å². The van der Waals surface area contributed by atoms with Crippen LogP contribution >= 0.6 is 48.5 Å². The second kappa shape index (κ2) is 7.10. The van der Waals surface area contributed by atoms with Crippen molar-refractivity contribution in [3.05, 3.63) is 21.2 Å². The van der Waals surface area contributed by atoms with Crippen molar-refractivity contribution in [3.8, 4) is 0 Å². The van der Waals surface area contributed by atoms with Crippen LogP contribution in [-0.2, 0) is 0 Å². The van der Waals surface area contributed by atoms with E-state index in [9.17, 15) is 9.59 Å². The Morgan fingerprint density at radius 1 is 1.00 bits per heavy atom. The first-order valence-electron chi connectivity index (χ1n) is 7.74. The van der Waals surface area contributed by atoms with Gasteiger partial charge in [-0.1, -0.05) is 50.9 Å². The third kappa shape index (κ3) is 3.74. The van der Waals surface area contributed by atoms with Crippen LogP contribution in [0.2, 0.25) is 10.0 Å². The molecule has 0 aliphatic carbocycles. The molecule has 1 heterocycles. The van der Waals surface area contributed by atoms with E-state index in [0.717, 1.165) is 12.8 Å². The Morgan fingerprint density at radius 3 is 2.08 bits per heavy atom. The highest BCUT2D eigenvalue weighted by Gasteiger charge is 2.40. The topological polar surface area (TPSA) is 37.4 Å². The summed E-state index contributed by atoms with van der Waals surface area (Å²) in [5.41, 5.74) is 0.543. The molecule has 132 valence electrons. The number of amides is 2. The van der Waals surface area contributed by atoms with E-state index < -0.39 is 5.91 Å². The summed E-state index contributed by atoms with van der Waals surface area (Å²) in [7, 11) is 0. The molecule has 1 unspecified atom stereocenters. The smallest absolute Gasteiger partial charge is 0.263 e. The Bertz CT molecular complexity index is 667. The fraction of sp³-hybridized carbons (Fsp3) is 0.529. The van der Waals surface area contributed by atoms with Crippen LogP contribution in [-0.4, -0.2) is 23.3 Å². The van der Waals surface area contributed by atoms with Crippen molar-refractivity contribution in [2.24, 2.45) is 11.3 Å². The molecule has 24 heavy (non-hydrogen) atoms. The summed E-state index contributed by atoms with van der Waals surface area (Å²) < 4.78 is 0. The minimum Gasteiger partial charge on any atom is -0.274 e. The van der Waals surface area contributed by atoms with Gasteiger partial charge in [-0.3, -0.25) is 14.5 Å². The van der Waals surface area contributed by atoms with Crippen molar-refractivity contribution in [1.82, 2.24) is 4.90 Å². The Morgan fingerprint density at radius 2 is 1.54 bits per heavy atom. The van der Waals surface area contributed by atoms with Gasteiger partial charge >= 0.3 is 0 Å². The molecule has 0 aromatic heterocycles. The summed E-state index contributed by atoms with van der Waals surface area (Å²) in [6.45, 7) is 9.01. The van der Waals surface area contributed by atoms with Crippen LogP contribution in [0.25, 0.3) is 0 Å². The first-order valence-corrected chi connectivity index (χ1v) is 9.39. The number of imide groups is 1. The maximum Gasteiger partial charge on any atom is 0.263 e. The van der Waals surface area contributed by atoms with E-state index in [4.69, 9.17) is 23.2 Å². The molecule has 1 aromatic carbocycles. The zero-order chi connectivity index (χ0) is 18.4. The molecule has 0 saturated carbocycles. The van der Waals surface area contributed by atoms with E-state index in [-0.39, 0.29) is 32.5 Å². The SMILES string of the molecule is CC(CCN1C(=O)c2c(S)c(S)c(Cl)c(Cl)c2C1=O)CC(C)(C)C. The van der Waals surface area contributed by atoms with Crippen molar-refractivity contribution in [3.63, 3.8) is 0 Å². The molecule has 2 amide bonds. The van der Waals surface area contributed by atoms with Gasteiger partial charge in [0, 0.05) is 16.3 Å². The maximum atomic E-state index is 12.7. The number of thiol groups is 2. The molecule has 7 heteroatoms. The average Bonchev–Trinajstić information content (AvgIpc) is 2.70. The van der Waals surface area contributed by atoms with Crippen molar-refractivity contribution < 1.29 is 9.59 Å². The van der Waals surface area contributed by atoms with Crippen molar-refractivity contribution in [2.45, 2.75) is 50.3 Å². The number of benzene rings is 1. The highest BCUT2D eigenvalue weighted by Crippen LogP contribution is 2.43. The van der Waals surface area contributed by atoms with Crippen LogP contribution in [0.1, 0.15) is 61.3 Å². The average molecular weight is 406 g/mol. The van der Waals surface area contributed by atoms with Crippen LogP contribution in [0.5, 0.6) is 0 Å². The fourth-order valence-corrected chi connectivity index (χ4v) is 4.27. The van der Waals surface area contributed by atoms with Gasteiger partial charge in [0.15, 0.2) is 0 Å². The number of fused-ring (bicyclic) bond motifs is 1. The molecular formula is C17H21Cl2NO2S2. The van der Waals surface area contributed by atoms with Gasteiger partial charge in [0.2, 0.25) is 0 Å². The summed E-state index contributed by atoms with van der Waals surface area (Å²) in [5, 5.41) is 0.214. The number of rotatable bonds is 4. The Hall–Kier alpha value is -0.360. The number of carbonyl (C=O) groups is 2. The van der Waals surface area contributed by atoms with Gasteiger partial charge in [-0.05, 0) is 24.2 Å². The quantitative estimate of drug-likeness (QED) is 0.502. The van der Waals surface area contributed by atoms with Crippen LogP contribution < -0.4 is 0 Å². The lowest BCUT2D eigenvalue weighted by molar-refractivity contribution is 0.0643. The lowest BCUT2D eigenvalue weighted by atomic mass is 9.84. The van der Waals surface area contributed by atoms with E-state index in [1.807, 2.05) is 0 Å². The van der Waals surface area contributed by atoms with Gasteiger partial charge in [0.1, 0.15) is 0 Å². The summed E-state index contributed by atoms with van der Waals surface area (Å²) in [6.07, 6.45) is 1.76. The normalized spacial score (nSPS) is 15.9. The largest absolute Gasteiger partial charge is 0.274 e. The zero-order valence-electron chi connectivity index (χ0n) is 14.1. The third-order valence-corrected chi connectivity index (χ3v) is 6.11. The molecule has 0 spiro atoms. The van der Waals surface area contributed by atoms with Gasteiger partial charge < -0.3 is 0 Å². The fourth-order valence-electron chi connectivity index (χ4n) is 3.14. The highest BCUT2D eigenvalue weighted by molar-refractivity contribution is 7.83. The number of hydrogen-bond donors (Lipinski definition) is 2. The second-order valence-corrected chi connectivity index (χ2v) is 9.15. The Labute approximate surface area is 163 Å². The molecule has 1 aliphatic rings. The standard InChI is InChI=1S/C17H21Cl2NO2S2/c1-8(7-17(2,3)4)5-6-20-15(21)9-10(16(20)22)13(23)14(24)12(19)11(9)18/h8,23-24H,5-7H2,1-4H3. The molecule has 1 atom stereocenters. The molecule has 0 bridgehead atoms. The van der Waals surface area contributed by atoms with E-state index in [0.29, 0.717) is 22.3 Å². The molecule has 0 N–H and O–H groups in total. The zero-order valence-corrected chi connectivity index (χ0v) is 17.4. The molecule has 0 saturated heterocycles. The van der Waals surface area contributed by atoms with E-state index >= 15 is 0 Å². The van der Waals surface area contributed by atoms with E-state index in [1.165, 1.54) is 4.90 Å². The predicted octanol–water partition coefficient (Wildman–Crippen LogP) is 5.63. The molecule has 1 aliphatic heterocycles. The number of halogens is 2. The van der Waals surface area contributed by atoms with Gasteiger partial charge in [-0.25, -0.2) is 0 Å². The summed E-state index contributed by atoms with van der Waals surface area (Å²) >= 11 is 20.8. The molecule has 2 rings (SSSR count). The minimum absolute atomic E-state index is 0.0676. The van der Waals surface area contributed by atoms with Crippen LogP contribution in [0.15, 0.2) is 9.79 Å². The van der Waals surface area contributed by atoms with Gasteiger partial charge in [-0.15, -0.1) is 25.3 Å². The lowest BCUT2D eigenvalue weighted by Gasteiger charge is -2.24. The van der Waals surface area contributed by atoms with E-state index in [2.05, 4.69) is 53.0 Å². The summed E-state index contributed by atoms with van der Waals surface area (Å²) in [5.74, 6) is -0.394. The van der Waals surface area contributed by atoms with Crippen LogP contribution in [0.4, 0.5) is 0 Å². The third-order valence-electron chi connectivity index (χ3n) is 4.06. The second-order valence-electron chi connectivity index (χ2n) is 7.50. The van der Waals surface area contributed by atoms with Crippen LogP contribution in [0.3, 0.4) is 0 Å². The number of nitrogens with zero attached hydrogens (tertiary/aromatic N) is 1. The Kier molecular flexibility index (Phi) is 5.91. The van der Waals surface area contributed by atoms with Crippen molar-refractivity contribution in [2.75, 3.05) is 6.54 Å². The molecule has 1 aromatic rings. The molecule has 0 fully saturated rings. The first kappa shape index (κ1) is 20.0. The lowest BCUT2D eigenvalue weighted by Crippen LogP contribution is -2.32. The highest BCUT2D eigenvalue weighted by atomic mass is 35.5. The van der Waals surface area contributed by atoms with E-state index in [1.54, 1.807) is 0 Å². The van der Waals surface area contributed by atoms with Gasteiger partial charge in [0.05, 0.1) is 21.2 Å². The first-order chi connectivity index (χ1) is 11.0. The number of hydrogen-bond acceptors (Lipinski definition) is 4. The Balaban J connectivity index is 2.25. The van der Waals surface area contributed by atoms with Crippen LogP contribution in [0, 0.1) is 11.3 Å². The number of carbonyl (C=O) groups excluding carboxylic acids is 2. The summed E-state index contributed by atoms with van der Waals surface area (Å²) in [4.78, 5) is 27.2. The maximum absolute atomic E-state index is 12.7. The molecular weight excluding hydrogens is 385 g/mol. The van der Waals surface area contributed by atoms with Gasteiger partial charge in [-0.2, -0.15) is 0 Å².